The number of hydrogen-bond acceptors (Lipinski definition) is 4. The molecule has 0 spiro atoms. The first-order valence-corrected chi connectivity index (χ1v) is 14.5. The van der Waals surface area contributed by atoms with Crippen molar-refractivity contribution in [1.82, 2.24) is 0 Å². The fourth-order valence-electron chi connectivity index (χ4n) is 6.27. The number of para-hydroxylation sites is 2. The molecule has 5 heteroatoms. The molecule has 2 unspecified atom stereocenters. The molecule has 0 fully saturated rings. The summed E-state index contributed by atoms with van der Waals surface area (Å²) in [5, 5.41) is 3.63. The van der Waals surface area contributed by atoms with Crippen molar-refractivity contribution in [2.75, 3.05) is 28.2 Å². The normalized spacial score (nSPS) is 18.2. The number of ketones is 1. The first-order valence-electron chi connectivity index (χ1n) is 14.5. The molecule has 4 aromatic carbocycles. The zero-order valence-corrected chi connectivity index (χ0v) is 23.6. The molecule has 2 aliphatic rings. The van der Waals surface area contributed by atoms with Gasteiger partial charge in [-0.3, -0.25) is 14.5 Å². The third kappa shape index (κ3) is 5.04. The van der Waals surface area contributed by atoms with Gasteiger partial charge in [0.2, 0.25) is 0 Å². The number of carbonyl (C=O) groups excluding carboxylic acids is 2. The number of anilines is 3. The van der Waals surface area contributed by atoms with Gasteiger partial charge in [-0.05, 0) is 73.7 Å². The average molecular weight is 542 g/mol. The Morgan fingerprint density at radius 2 is 1.41 bits per heavy atom. The summed E-state index contributed by atoms with van der Waals surface area (Å²) >= 11 is 0. The number of fused-ring (bicyclic) bond motifs is 1. The Balaban J connectivity index is 1.47. The number of nitrogens with one attached hydrogen (secondary N) is 1. The number of allylic oxidation sites excluding steroid dienone is 1. The number of carbonyl (C=O) groups is 2. The lowest BCUT2D eigenvalue weighted by atomic mass is 9.78. The van der Waals surface area contributed by atoms with Crippen molar-refractivity contribution >= 4 is 28.8 Å². The highest BCUT2D eigenvalue weighted by atomic mass is 16.2. The fraction of sp³-hybridized carbons (Fsp3) is 0.222. The van der Waals surface area contributed by atoms with E-state index in [1.165, 1.54) is 5.69 Å². The van der Waals surface area contributed by atoms with Crippen molar-refractivity contribution in [3.63, 3.8) is 0 Å². The molecule has 6 rings (SSSR count). The van der Waals surface area contributed by atoms with E-state index in [0.717, 1.165) is 41.3 Å². The van der Waals surface area contributed by atoms with Gasteiger partial charge in [0, 0.05) is 42.0 Å². The number of benzene rings is 4. The summed E-state index contributed by atoms with van der Waals surface area (Å²) in [5.41, 5.74) is 7.01. The minimum atomic E-state index is -0.548. The van der Waals surface area contributed by atoms with Gasteiger partial charge in [0.15, 0.2) is 5.78 Å². The lowest BCUT2D eigenvalue weighted by molar-refractivity contribution is -0.116. The van der Waals surface area contributed by atoms with Gasteiger partial charge in [-0.15, -0.1) is 0 Å². The Morgan fingerprint density at radius 1 is 0.780 bits per heavy atom. The topological polar surface area (TPSA) is 52.7 Å². The van der Waals surface area contributed by atoms with Gasteiger partial charge in [0.1, 0.15) is 0 Å². The molecular formula is C36H35N3O2. The molecule has 0 saturated heterocycles. The van der Waals surface area contributed by atoms with Gasteiger partial charge in [-0.1, -0.05) is 72.8 Å². The molecule has 2 atom stereocenters. The third-order valence-electron chi connectivity index (χ3n) is 8.34. The maximum absolute atomic E-state index is 14.3. The molecule has 5 nitrogen and oxygen atoms in total. The van der Waals surface area contributed by atoms with Gasteiger partial charge in [-0.25, -0.2) is 0 Å². The van der Waals surface area contributed by atoms with Crippen LogP contribution in [0, 0.1) is 0 Å². The predicted octanol–water partition coefficient (Wildman–Crippen LogP) is 7.75. The average Bonchev–Trinajstić information content (AvgIpc) is 3.17. The molecule has 0 bridgehead atoms. The minimum Gasteiger partial charge on any atom is -0.372 e. The van der Waals surface area contributed by atoms with E-state index in [1.807, 2.05) is 89.8 Å². The largest absolute Gasteiger partial charge is 0.372 e. The lowest BCUT2D eigenvalue weighted by Crippen LogP contribution is -2.38. The van der Waals surface area contributed by atoms with Crippen molar-refractivity contribution in [1.29, 1.82) is 0 Å². The summed E-state index contributed by atoms with van der Waals surface area (Å²) in [6, 6.07) is 35.2. The van der Waals surface area contributed by atoms with Crippen LogP contribution in [-0.2, 0) is 4.79 Å². The number of Topliss-reactive ketones (excluding diaryl/α,β-unsaturated/α-hetero) is 1. The Hall–Kier alpha value is -4.64. The molecule has 41 heavy (non-hydrogen) atoms. The maximum Gasteiger partial charge on any atom is 0.259 e. The molecule has 1 amide bonds. The van der Waals surface area contributed by atoms with E-state index >= 15 is 0 Å². The summed E-state index contributed by atoms with van der Waals surface area (Å²) in [6.07, 6.45) is 1.09. The van der Waals surface area contributed by atoms with E-state index in [2.05, 4.69) is 48.3 Å². The van der Waals surface area contributed by atoms with E-state index in [9.17, 15) is 9.59 Å². The van der Waals surface area contributed by atoms with Crippen molar-refractivity contribution in [3.05, 3.63) is 137 Å². The van der Waals surface area contributed by atoms with Crippen LogP contribution >= 0.6 is 0 Å². The summed E-state index contributed by atoms with van der Waals surface area (Å²) in [4.78, 5) is 32.6. The Labute approximate surface area is 242 Å². The van der Waals surface area contributed by atoms with Crippen LogP contribution in [-0.4, -0.2) is 24.8 Å². The van der Waals surface area contributed by atoms with E-state index in [-0.39, 0.29) is 17.6 Å². The first-order chi connectivity index (χ1) is 20.1. The molecule has 4 aromatic rings. The SMILES string of the molecule is CCN(CC)c1ccc(C2CC(=O)C3=C(C2)Nc2ccccc2N(C(=O)c2ccccc2)C3c2ccccc2)cc1. The number of hydrogen-bond donors (Lipinski definition) is 1. The quantitative estimate of drug-likeness (QED) is 0.271. The summed E-state index contributed by atoms with van der Waals surface area (Å²) in [7, 11) is 0. The van der Waals surface area contributed by atoms with Crippen LogP contribution in [0.3, 0.4) is 0 Å². The predicted molar refractivity (Wildman–Crippen MR) is 167 cm³/mol. The molecule has 0 radical (unpaired) electrons. The maximum atomic E-state index is 14.3. The van der Waals surface area contributed by atoms with Crippen LogP contribution in [0.2, 0.25) is 0 Å². The molecule has 1 aliphatic carbocycles. The van der Waals surface area contributed by atoms with E-state index in [0.29, 0.717) is 24.0 Å². The highest BCUT2D eigenvalue weighted by Gasteiger charge is 2.41. The van der Waals surface area contributed by atoms with Gasteiger partial charge >= 0.3 is 0 Å². The molecule has 1 aliphatic heterocycles. The second kappa shape index (κ2) is 11.5. The van der Waals surface area contributed by atoms with Gasteiger partial charge in [0.25, 0.3) is 5.91 Å². The van der Waals surface area contributed by atoms with Crippen LogP contribution < -0.4 is 15.1 Å². The molecule has 206 valence electrons. The number of rotatable bonds is 6. The van der Waals surface area contributed by atoms with Crippen molar-refractivity contribution in [3.8, 4) is 0 Å². The second-order valence-corrected chi connectivity index (χ2v) is 10.7. The van der Waals surface area contributed by atoms with Gasteiger partial charge < -0.3 is 10.2 Å². The van der Waals surface area contributed by atoms with E-state index in [1.54, 1.807) is 0 Å². The monoisotopic (exact) mass is 541 g/mol. The Morgan fingerprint density at radius 3 is 2.10 bits per heavy atom. The van der Waals surface area contributed by atoms with Crippen LogP contribution in [0.1, 0.15) is 60.1 Å². The van der Waals surface area contributed by atoms with Gasteiger partial charge in [-0.2, -0.15) is 0 Å². The molecular weight excluding hydrogens is 506 g/mol. The zero-order chi connectivity index (χ0) is 28.3. The fourth-order valence-corrected chi connectivity index (χ4v) is 6.27. The zero-order valence-electron chi connectivity index (χ0n) is 23.6. The molecule has 0 aromatic heterocycles. The van der Waals surface area contributed by atoms with E-state index < -0.39 is 6.04 Å². The molecule has 1 heterocycles. The summed E-state index contributed by atoms with van der Waals surface area (Å²) in [5.74, 6) is -0.00655. The van der Waals surface area contributed by atoms with Crippen molar-refractivity contribution in [2.45, 2.75) is 38.6 Å². The standard InChI is InChI=1S/C36H35N3O2/c1-3-38(4-2)29-21-19-25(20-22-29)28-23-31-34(33(40)24-28)35(26-13-7-5-8-14-26)39(32-18-12-11-17-30(32)37-31)36(41)27-15-9-6-10-16-27/h5-22,28,35,37H,3-4,23-24H2,1-2H3. The molecule has 0 saturated carbocycles. The summed E-state index contributed by atoms with van der Waals surface area (Å²) < 4.78 is 0. The Bertz CT molecular complexity index is 1570. The highest BCUT2D eigenvalue weighted by Crippen LogP contribution is 2.47. The number of nitrogens with zero attached hydrogens (tertiary/aromatic N) is 2. The van der Waals surface area contributed by atoms with Crippen LogP contribution in [0.5, 0.6) is 0 Å². The second-order valence-electron chi connectivity index (χ2n) is 10.7. The first kappa shape index (κ1) is 26.6. The van der Waals surface area contributed by atoms with Crippen molar-refractivity contribution < 1.29 is 9.59 Å². The smallest absolute Gasteiger partial charge is 0.259 e. The van der Waals surface area contributed by atoms with E-state index in [4.69, 9.17) is 0 Å². The highest BCUT2D eigenvalue weighted by molar-refractivity contribution is 6.12. The van der Waals surface area contributed by atoms with Crippen molar-refractivity contribution in [2.24, 2.45) is 0 Å². The Kier molecular flexibility index (Phi) is 7.43. The van der Waals surface area contributed by atoms with Crippen LogP contribution in [0.25, 0.3) is 0 Å². The van der Waals surface area contributed by atoms with Crippen LogP contribution in [0.15, 0.2) is 120 Å². The lowest BCUT2D eigenvalue weighted by Gasteiger charge is -2.35. The molecule has 1 N–H and O–H groups in total. The number of amides is 1. The third-order valence-corrected chi connectivity index (χ3v) is 8.34. The van der Waals surface area contributed by atoms with Crippen LogP contribution in [0.4, 0.5) is 17.1 Å². The minimum absolute atomic E-state index is 0.0551. The van der Waals surface area contributed by atoms with Gasteiger partial charge in [0.05, 0.1) is 17.4 Å². The summed E-state index contributed by atoms with van der Waals surface area (Å²) in [6.45, 7) is 6.23.